The molecule has 2 atom stereocenters. The molecule has 2 aromatic rings. The van der Waals surface area contributed by atoms with E-state index in [2.05, 4.69) is 22.8 Å². The number of alkyl carbamates (subject to hydrolysis) is 1. The SMILES string of the molecule is CC[C@@H](CC(=O)NCC(C)(O)C(=O)O)NC(=O)OCC1c2ccccc2-c2ccccc21. The number of carboxylic acids is 1. The molecule has 2 amide bonds. The van der Waals surface area contributed by atoms with Crippen molar-refractivity contribution in [3.05, 3.63) is 59.7 Å². The maximum atomic E-state index is 12.4. The zero-order valence-corrected chi connectivity index (χ0v) is 18.1. The second kappa shape index (κ2) is 9.82. The van der Waals surface area contributed by atoms with E-state index in [4.69, 9.17) is 9.84 Å². The van der Waals surface area contributed by atoms with Crippen LogP contribution in [0, 0.1) is 0 Å². The van der Waals surface area contributed by atoms with Crippen LogP contribution in [0.1, 0.15) is 43.7 Å². The Hall–Kier alpha value is -3.39. The van der Waals surface area contributed by atoms with E-state index in [0.717, 1.165) is 29.2 Å². The second-order valence-corrected chi connectivity index (χ2v) is 8.13. The van der Waals surface area contributed by atoms with Crippen LogP contribution in [0.3, 0.4) is 0 Å². The van der Waals surface area contributed by atoms with E-state index in [9.17, 15) is 19.5 Å². The van der Waals surface area contributed by atoms with Crippen molar-refractivity contribution in [3.8, 4) is 11.1 Å². The molecule has 0 aromatic heterocycles. The number of ether oxygens (including phenoxy) is 1. The maximum absolute atomic E-state index is 12.4. The third kappa shape index (κ3) is 5.26. The maximum Gasteiger partial charge on any atom is 0.407 e. The van der Waals surface area contributed by atoms with Gasteiger partial charge in [-0.2, -0.15) is 0 Å². The number of benzene rings is 2. The number of aliphatic hydroxyl groups is 1. The fourth-order valence-corrected chi connectivity index (χ4v) is 3.75. The van der Waals surface area contributed by atoms with E-state index in [1.165, 1.54) is 0 Å². The van der Waals surface area contributed by atoms with E-state index >= 15 is 0 Å². The molecule has 0 saturated heterocycles. The standard InChI is InChI=1S/C24H28N2O6/c1-3-15(12-21(27)25-14-24(2,31)22(28)29)26-23(30)32-13-20-18-10-6-4-8-16(18)17-9-5-7-11-19(17)20/h4-11,15,20,31H,3,12-14H2,1-2H3,(H,25,27)(H,26,30)(H,28,29)/t15-,24?/m0/s1. The average molecular weight is 440 g/mol. The third-order valence-corrected chi connectivity index (χ3v) is 5.68. The van der Waals surface area contributed by atoms with Gasteiger partial charge in [-0.25, -0.2) is 9.59 Å². The molecule has 170 valence electrons. The number of amides is 2. The predicted octanol–water partition coefficient (Wildman–Crippen LogP) is 2.65. The summed E-state index contributed by atoms with van der Waals surface area (Å²) in [5.41, 5.74) is 2.43. The summed E-state index contributed by atoms with van der Waals surface area (Å²) in [6.45, 7) is 2.66. The van der Waals surface area contributed by atoms with Gasteiger partial charge in [-0.3, -0.25) is 4.79 Å². The van der Waals surface area contributed by atoms with E-state index in [1.807, 2.05) is 43.3 Å². The number of carboxylic acid groups (broad SMARTS) is 1. The van der Waals surface area contributed by atoms with Crippen molar-refractivity contribution in [2.75, 3.05) is 13.2 Å². The van der Waals surface area contributed by atoms with Crippen molar-refractivity contribution in [2.24, 2.45) is 0 Å². The number of nitrogens with one attached hydrogen (secondary N) is 2. The highest BCUT2D eigenvalue weighted by molar-refractivity contribution is 5.81. The molecule has 1 aliphatic rings. The van der Waals surface area contributed by atoms with Gasteiger partial charge in [0.15, 0.2) is 5.60 Å². The minimum atomic E-state index is -2.06. The Kier molecular flexibility index (Phi) is 7.15. The molecule has 8 nitrogen and oxygen atoms in total. The summed E-state index contributed by atoms with van der Waals surface area (Å²) >= 11 is 0. The van der Waals surface area contributed by atoms with Crippen LogP contribution in [0.5, 0.6) is 0 Å². The monoisotopic (exact) mass is 440 g/mol. The minimum absolute atomic E-state index is 0.0591. The predicted molar refractivity (Wildman–Crippen MR) is 118 cm³/mol. The highest BCUT2D eigenvalue weighted by atomic mass is 16.5. The molecule has 0 bridgehead atoms. The van der Waals surface area contributed by atoms with Crippen LogP contribution in [0.4, 0.5) is 4.79 Å². The second-order valence-electron chi connectivity index (χ2n) is 8.13. The molecule has 32 heavy (non-hydrogen) atoms. The van der Waals surface area contributed by atoms with Crippen LogP contribution in [0.15, 0.2) is 48.5 Å². The van der Waals surface area contributed by atoms with Crippen molar-refractivity contribution >= 4 is 18.0 Å². The summed E-state index contributed by atoms with van der Waals surface area (Å²) in [6, 6.07) is 15.6. The molecule has 4 N–H and O–H groups in total. The zero-order valence-electron chi connectivity index (χ0n) is 18.1. The Labute approximate surface area is 186 Å². The lowest BCUT2D eigenvalue weighted by Crippen LogP contribution is -2.48. The molecule has 8 heteroatoms. The molecule has 0 spiro atoms. The van der Waals surface area contributed by atoms with Gasteiger partial charge >= 0.3 is 12.1 Å². The average Bonchev–Trinajstić information content (AvgIpc) is 3.09. The molecule has 2 aromatic carbocycles. The minimum Gasteiger partial charge on any atom is -0.479 e. The van der Waals surface area contributed by atoms with Gasteiger partial charge in [0, 0.05) is 18.4 Å². The number of aliphatic carboxylic acids is 1. The summed E-state index contributed by atoms with van der Waals surface area (Å²) in [5, 5.41) is 23.7. The van der Waals surface area contributed by atoms with E-state index in [-0.39, 0.29) is 18.9 Å². The van der Waals surface area contributed by atoms with Crippen LogP contribution in [0.2, 0.25) is 0 Å². The van der Waals surface area contributed by atoms with E-state index in [1.54, 1.807) is 0 Å². The quantitative estimate of drug-likeness (QED) is 0.475. The number of carbonyl (C=O) groups excluding carboxylic acids is 2. The van der Waals surface area contributed by atoms with E-state index in [0.29, 0.717) is 6.42 Å². The van der Waals surface area contributed by atoms with Gasteiger partial charge in [0.05, 0.1) is 6.54 Å². The molecule has 0 radical (unpaired) electrons. The number of fused-ring (bicyclic) bond motifs is 3. The molecule has 1 aliphatic carbocycles. The normalized spacial score (nSPS) is 15.1. The molecule has 0 saturated carbocycles. The van der Waals surface area contributed by atoms with E-state index < -0.39 is 36.2 Å². The first-order valence-corrected chi connectivity index (χ1v) is 10.6. The lowest BCUT2D eigenvalue weighted by molar-refractivity contribution is -0.156. The summed E-state index contributed by atoms with van der Waals surface area (Å²) < 4.78 is 5.50. The first kappa shape index (κ1) is 23.3. The van der Waals surface area contributed by atoms with Gasteiger partial charge < -0.3 is 25.6 Å². The van der Waals surface area contributed by atoms with Gasteiger partial charge in [0.2, 0.25) is 5.91 Å². The Morgan fingerprint density at radius 3 is 2.16 bits per heavy atom. The Morgan fingerprint density at radius 2 is 1.62 bits per heavy atom. The van der Waals surface area contributed by atoms with Gasteiger partial charge in [-0.05, 0) is 35.6 Å². The lowest BCUT2D eigenvalue weighted by atomic mass is 9.98. The number of carbonyl (C=O) groups is 3. The van der Waals surface area contributed by atoms with Crippen LogP contribution < -0.4 is 10.6 Å². The van der Waals surface area contributed by atoms with Crippen molar-refractivity contribution in [3.63, 3.8) is 0 Å². The summed E-state index contributed by atoms with van der Waals surface area (Å²) in [6.07, 6.45) is -0.201. The van der Waals surface area contributed by atoms with Crippen molar-refractivity contribution in [2.45, 2.75) is 44.2 Å². The van der Waals surface area contributed by atoms with Crippen molar-refractivity contribution in [1.29, 1.82) is 0 Å². The Balaban J connectivity index is 1.54. The highest BCUT2D eigenvalue weighted by Gasteiger charge is 2.31. The van der Waals surface area contributed by atoms with Crippen LogP contribution >= 0.6 is 0 Å². The van der Waals surface area contributed by atoms with Gasteiger partial charge in [-0.15, -0.1) is 0 Å². The fourth-order valence-electron chi connectivity index (χ4n) is 3.75. The van der Waals surface area contributed by atoms with Gasteiger partial charge in [-0.1, -0.05) is 55.5 Å². The Morgan fingerprint density at radius 1 is 1.06 bits per heavy atom. The van der Waals surface area contributed by atoms with Crippen LogP contribution in [-0.4, -0.2) is 53.0 Å². The molecule has 0 heterocycles. The largest absolute Gasteiger partial charge is 0.479 e. The summed E-state index contributed by atoms with van der Waals surface area (Å²) in [4.78, 5) is 35.4. The van der Waals surface area contributed by atoms with Crippen molar-refractivity contribution < 1.29 is 29.3 Å². The number of rotatable bonds is 9. The smallest absolute Gasteiger partial charge is 0.407 e. The van der Waals surface area contributed by atoms with Crippen molar-refractivity contribution in [1.82, 2.24) is 10.6 Å². The van der Waals surface area contributed by atoms with Crippen LogP contribution in [0.25, 0.3) is 11.1 Å². The molecule has 1 unspecified atom stereocenters. The zero-order chi connectivity index (χ0) is 23.3. The molecular weight excluding hydrogens is 412 g/mol. The molecule has 0 aliphatic heterocycles. The highest BCUT2D eigenvalue weighted by Crippen LogP contribution is 2.44. The Bertz CT molecular complexity index is 958. The molecule has 3 rings (SSSR count). The number of hydrogen-bond acceptors (Lipinski definition) is 5. The molecule has 0 fully saturated rings. The molecular formula is C24H28N2O6. The third-order valence-electron chi connectivity index (χ3n) is 5.68. The van der Waals surface area contributed by atoms with Gasteiger partial charge in [0.25, 0.3) is 0 Å². The van der Waals surface area contributed by atoms with Gasteiger partial charge in [0.1, 0.15) is 6.61 Å². The lowest BCUT2D eigenvalue weighted by Gasteiger charge is -2.21. The fraction of sp³-hybridized carbons (Fsp3) is 0.375. The first-order valence-electron chi connectivity index (χ1n) is 10.6. The number of hydrogen-bond donors (Lipinski definition) is 4. The first-order chi connectivity index (χ1) is 15.2. The summed E-state index contributed by atoms with van der Waals surface area (Å²) in [7, 11) is 0. The van der Waals surface area contributed by atoms with Crippen LogP contribution in [-0.2, 0) is 14.3 Å². The summed E-state index contributed by atoms with van der Waals surface area (Å²) in [5.74, 6) is -1.96. The topological polar surface area (TPSA) is 125 Å².